The maximum absolute atomic E-state index is 13.4. The Morgan fingerprint density at radius 2 is 1.83 bits per heavy atom. The summed E-state index contributed by atoms with van der Waals surface area (Å²) in [5.74, 6) is -0.742. The van der Waals surface area contributed by atoms with Crippen LogP contribution in [0.15, 0.2) is 48.5 Å². The Bertz CT molecular complexity index is 1480. The third-order valence-electron chi connectivity index (χ3n) is 9.69. The van der Waals surface area contributed by atoms with Crippen molar-refractivity contribution in [2.45, 2.75) is 77.7 Å². The van der Waals surface area contributed by atoms with Gasteiger partial charge in [0.25, 0.3) is 5.91 Å². The number of amides is 2. The third-order valence-corrected chi connectivity index (χ3v) is 10.7. The van der Waals surface area contributed by atoms with E-state index in [1.54, 1.807) is 24.3 Å². The predicted octanol–water partition coefficient (Wildman–Crippen LogP) is 5.72. The maximum atomic E-state index is 13.4. The lowest BCUT2D eigenvalue weighted by Gasteiger charge is -2.58. The van der Waals surface area contributed by atoms with Gasteiger partial charge in [-0.3, -0.25) is 14.9 Å². The van der Waals surface area contributed by atoms with Crippen LogP contribution in [-0.4, -0.2) is 39.7 Å². The van der Waals surface area contributed by atoms with Crippen LogP contribution in [0.1, 0.15) is 86.3 Å². The van der Waals surface area contributed by atoms with Crippen molar-refractivity contribution in [3.05, 3.63) is 70.2 Å². The number of nitrogens with two attached hydrogens (primary N) is 1. The van der Waals surface area contributed by atoms with Gasteiger partial charge in [-0.15, -0.1) is 11.3 Å². The van der Waals surface area contributed by atoms with Crippen LogP contribution in [0, 0.1) is 16.7 Å². The van der Waals surface area contributed by atoms with Gasteiger partial charge in [-0.25, -0.2) is 4.98 Å². The molecule has 0 spiro atoms. The standard InChI is InChI=1S/C33H42N4O4S/c1-31(2,3)20-11-9-19(10-12-20)29(41)37-30-36-28-23(16-27(40)35-22-8-6-7-21(34)15-22)32(4)14-13-26(39)33(5,18-38)25(32)17-24(28)42-30/h6-12,15,23,25-26,38-39H,13-14,16-18,34H2,1-5H3,(H,35,40)(H,36,37,41)/t23-,25?,26-,32+,33+/m1/s1. The fraction of sp³-hybridized carbons (Fsp3) is 0.485. The van der Waals surface area contributed by atoms with Gasteiger partial charge >= 0.3 is 0 Å². The normalized spacial score (nSPS) is 27.1. The molecule has 0 radical (unpaired) electrons. The number of carbonyl (C=O) groups is 2. The summed E-state index contributed by atoms with van der Waals surface area (Å²) in [6.07, 6.45) is 1.37. The second-order valence-corrected chi connectivity index (χ2v) is 14.6. The van der Waals surface area contributed by atoms with Crippen LogP contribution in [0.4, 0.5) is 16.5 Å². The van der Waals surface area contributed by atoms with Gasteiger partial charge in [0, 0.05) is 39.6 Å². The quantitative estimate of drug-likeness (QED) is 0.233. The highest BCUT2D eigenvalue weighted by atomic mass is 32.1. The Labute approximate surface area is 251 Å². The zero-order valence-electron chi connectivity index (χ0n) is 25.0. The molecule has 1 saturated carbocycles. The average Bonchev–Trinajstić information content (AvgIpc) is 3.33. The van der Waals surface area contributed by atoms with Crippen LogP contribution in [0.2, 0.25) is 0 Å². The summed E-state index contributed by atoms with van der Waals surface area (Å²) in [6.45, 7) is 10.3. The van der Waals surface area contributed by atoms with E-state index in [2.05, 4.69) is 38.3 Å². The summed E-state index contributed by atoms with van der Waals surface area (Å²) < 4.78 is 0. The van der Waals surface area contributed by atoms with Crippen LogP contribution in [-0.2, 0) is 16.6 Å². The van der Waals surface area contributed by atoms with Crippen LogP contribution in [0.3, 0.4) is 0 Å². The molecule has 0 saturated heterocycles. The second-order valence-electron chi connectivity index (χ2n) is 13.5. The smallest absolute Gasteiger partial charge is 0.257 e. The van der Waals surface area contributed by atoms with E-state index in [0.29, 0.717) is 41.3 Å². The molecule has 9 heteroatoms. The van der Waals surface area contributed by atoms with Gasteiger partial charge in [-0.2, -0.15) is 0 Å². The Hall–Kier alpha value is -3.27. The number of aliphatic hydroxyl groups is 2. The van der Waals surface area contributed by atoms with E-state index in [-0.39, 0.29) is 42.1 Å². The number of anilines is 3. The van der Waals surface area contributed by atoms with Crippen LogP contribution in [0.5, 0.6) is 0 Å². The topological polar surface area (TPSA) is 138 Å². The number of aliphatic hydroxyl groups excluding tert-OH is 2. The number of hydrogen-bond donors (Lipinski definition) is 5. The lowest BCUT2D eigenvalue weighted by molar-refractivity contribution is -0.143. The molecule has 6 N–H and O–H groups in total. The van der Waals surface area contributed by atoms with Gasteiger partial charge in [-0.1, -0.05) is 52.8 Å². The number of rotatable bonds is 6. The molecule has 224 valence electrons. The summed E-state index contributed by atoms with van der Waals surface area (Å²) >= 11 is 1.41. The van der Waals surface area contributed by atoms with Gasteiger partial charge in [0.05, 0.1) is 18.4 Å². The summed E-state index contributed by atoms with van der Waals surface area (Å²) in [7, 11) is 0. The Balaban J connectivity index is 1.46. The molecule has 2 amide bonds. The third kappa shape index (κ3) is 5.57. The highest BCUT2D eigenvalue weighted by Crippen LogP contribution is 2.62. The number of benzene rings is 2. The van der Waals surface area contributed by atoms with Crippen LogP contribution >= 0.6 is 11.3 Å². The van der Waals surface area contributed by atoms with Gasteiger partial charge in [0.15, 0.2) is 5.13 Å². The molecule has 5 rings (SSSR count). The number of nitrogen functional groups attached to an aromatic ring is 1. The molecule has 5 atom stereocenters. The van der Waals surface area contributed by atoms with Crippen molar-refractivity contribution in [2.24, 2.45) is 16.7 Å². The van der Waals surface area contributed by atoms with Crippen molar-refractivity contribution < 1.29 is 19.8 Å². The summed E-state index contributed by atoms with van der Waals surface area (Å²) in [4.78, 5) is 32.5. The van der Waals surface area contributed by atoms with Crippen LogP contribution in [0.25, 0.3) is 0 Å². The minimum absolute atomic E-state index is 0.0126. The van der Waals surface area contributed by atoms with Crippen molar-refractivity contribution in [1.82, 2.24) is 4.98 Å². The Kier molecular flexibility index (Phi) is 7.98. The van der Waals surface area contributed by atoms with Crippen molar-refractivity contribution in [2.75, 3.05) is 23.0 Å². The molecular formula is C33H42N4O4S. The van der Waals surface area contributed by atoms with Crippen molar-refractivity contribution in [1.29, 1.82) is 0 Å². The van der Waals surface area contributed by atoms with Crippen molar-refractivity contribution in [3.8, 4) is 0 Å². The zero-order chi connectivity index (χ0) is 30.4. The average molecular weight is 591 g/mol. The largest absolute Gasteiger partial charge is 0.399 e. The molecule has 3 aromatic rings. The molecule has 2 aliphatic rings. The first-order valence-electron chi connectivity index (χ1n) is 14.6. The fourth-order valence-corrected chi connectivity index (χ4v) is 8.07. The van der Waals surface area contributed by atoms with E-state index in [1.165, 1.54) is 11.3 Å². The first-order chi connectivity index (χ1) is 19.7. The summed E-state index contributed by atoms with van der Waals surface area (Å²) in [5.41, 5.74) is 8.48. The molecule has 2 aliphatic carbocycles. The Morgan fingerprint density at radius 3 is 2.48 bits per heavy atom. The fourth-order valence-electron chi connectivity index (χ4n) is 7.00. The molecule has 0 bridgehead atoms. The number of aromatic nitrogens is 1. The molecular weight excluding hydrogens is 548 g/mol. The lowest BCUT2D eigenvalue weighted by atomic mass is 9.47. The van der Waals surface area contributed by atoms with Crippen LogP contribution < -0.4 is 16.4 Å². The molecule has 2 aromatic carbocycles. The Morgan fingerprint density at radius 1 is 1.12 bits per heavy atom. The maximum Gasteiger partial charge on any atom is 0.257 e. The number of carbonyl (C=O) groups excluding carboxylic acids is 2. The molecule has 0 aliphatic heterocycles. The molecule has 8 nitrogen and oxygen atoms in total. The first-order valence-corrected chi connectivity index (χ1v) is 15.4. The van der Waals surface area contributed by atoms with Gasteiger partial charge in [0.2, 0.25) is 5.91 Å². The van der Waals surface area contributed by atoms with E-state index in [9.17, 15) is 19.8 Å². The number of nitrogens with one attached hydrogen (secondary N) is 2. The van der Waals surface area contributed by atoms with E-state index < -0.39 is 16.9 Å². The lowest BCUT2D eigenvalue weighted by Crippen LogP contribution is -2.57. The summed E-state index contributed by atoms with van der Waals surface area (Å²) in [5, 5.41) is 28.0. The second kappa shape index (κ2) is 11.1. The first kappa shape index (κ1) is 30.2. The summed E-state index contributed by atoms with van der Waals surface area (Å²) in [6, 6.07) is 14.7. The SMILES string of the molecule is CC(C)(C)c1ccc(C(=O)Nc2nc3c(s2)CC2[C@](C)(CO)[C@H](O)CC[C@@]2(C)[C@@H]3CC(=O)Nc2cccc(N)c2)cc1. The van der Waals surface area contributed by atoms with E-state index in [4.69, 9.17) is 10.7 Å². The van der Waals surface area contributed by atoms with E-state index >= 15 is 0 Å². The van der Waals surface area contributed by atoms with Crippen molar-refractivity contribution in [3.63, 3.8) is 0 Å². The van der Waals surface area contributed by atoms with Gasteiger partial charge < -0.3 is 21.3 Å². The highest BCUT2D eigenvalue weighted by Gasteiger charge is 2.59. The minimum Gasteiger partial charge on any atom is -0.399 e. The van der Waals surface area contributed by atoms with Gasteiger partial charge in [0.1, 0.15) is 0 Å². The molecule has 1 fully saturated rings. The number of nitrogens with zero attached hydrogens (tertiary/aromatic N) is 1. The van der Waals surface area contributed by atoms with E-state index in [1.807, 2.05) is 31.2 Å². The predicted molar refractivity (Wildman–Crippen MR) is 168 cm³/mol. The minimum atomic E-state index is -0.727. The molecule has 42 heavy (non-hydrogen) atoms. The monoisotopic (exact) mass is 590 g/mol. The molecule has 1 unspecified atom stereocenters. The molecule has 1 aromatic heterocycles. The zero-order valence-corrected chi connectivity index (χ0v) is 25.8. The van der Waals surface area contributed by atoms with E-state index in [0.717, 1.165) is 16.1 Å². The molecule has 1 heterocycles. The number of fused-ring (bicyclic) bond motifs is 2. The number of hydrogen-bond acceptors (Lipinski definition) is 7. The van der Waals surface area contributed by atoms with Crippen molar-refractivity contribution >= 4 is 39.7 Å². The highest BCUT2D eigenvalue weighted by molar-refractivity contribution is 7.15. The van der Waals surface area contributed by atoms with Gasteiger partial charge in [-0.05, 0) is 71.9 Å². The number of thiazole rings is 1.